The Morgan fingerprint density at radius 2 is 2.00 bits per heavy atom. The Hall–Kier alpha value is -0.880. The van der Waals surface area contributed by atoms with E-state index >= 15 is 0 Å². The summed E-state index contributed by atoms with van der Waals surface area (Å²) in [5.41, 5.74) is 4.29. The Kier molecular flexibility index (Phi) is 4.12. The molecule has 0 fully saturated rings. The summed E-state index contributed by atoms with van der Waals surface area (Å²) >= 11 is 6.10. The maximum Gasteiger partial charge on any atom is 0.251 e. The topological polar surface area (TPSA) is 29.1 Å². The SMILES string of the molecule is O=C1NCCc2ccc(C(Br)c3ccccc3I)cc21. The van der Waals surface area contributed by atoms with Crippen LogP contribution in [0, 0.1) is 3.57 Å². The Bertz CT molecular complexity index is 671. The van der Waals surface area contributed by atoms with Gasteiger partial charge in [0.05, 0.1) is 4.83 Å². The largest absolute Gasteiger partial charge is 0.352 e. The van der Waals surface area contributed by atoms with Gasteiger partial charge in [-0.15, -0.1) is 0 Å². The molecule has 102 valence electrons. The highest BCUT2D eigenvalue weighted by Crippen LogP contribution is 2.34. The van der Waals surface area contributed by atoms with Gasteiger partial charge in [-0.05, 0) is 57.8 Å². The Morgan fingerprint density at radius 1 is 1.20 bits per heavy atom. The zero-order valence-electron chi connectivity index (χ0n) is 10.7. The molecule has 20 heavy (non-hydrogen) atoms. The van der Waals surface area contributed by atoms with Gasteiger partial charge in [-0.2, -0.15) is 0 Å². The lowest BCUT2D eigenvalue weighted by Gasteiger charge is -2.19. The monoisotopic (exact) mass is 441 g/mol. The first kappa shape index (κ1) is 14.1. The summed E-state index contributed by atoms with van der Waals surface area (Å²) < 4.78 is 1.22. The third-order valence-corrected chi connectivity index (χ3v) is 5.53. The predicted molar refractivity (Wildman–Crippen MR) is 92.4 cm³/mol. The number of amides is 1. The Balaban J connectivity index is 2.01. The van der Waals surface area contributed by atoms with Crippen LogP contribution in [-0.4, -0.2) is 12.5 Å². The molecule has 2 aromatic carbocycles. The standard InChI is InChI=1S/C16H13BrINO/c17-15(12-3-1-2-4-14(12)18)11-6-5-10-7-8-19-16(20)13(10)9-11/h1-6,9,15H,7-8H2,(H,19,20). The third kappa shape index (κ3) is 2.63. The molecule has 0 bridgehead atoms. The molecule has 0 aromatic heterocycles. The number of carbonyl (C=O) groups excluding carboxylic acids is 1. The van der Waals surface area contributed by atoms with E-state index in [4.69, 9.17) is 0 Å². The quantitative estimate of drug-likeness (QED) is 0.552. The summed E-state index contributed by atoms with van der Waals surface area (Å²) in [6, 6.07) is 14.5. The zero-order valence-corrected chi connectivity index (χ0v) is 14.4. The van der Waals surface area contributed by atoms with Gasteiger partial charge in [0, 0.05) is 15.7 Å². The van der Waals surface area contributed by atoms with Gasteiger partial charge < -0.3 is 5.32 Å². The summed E-state index contributed by atoms with van der Waals surface area (Å²) in [5.74, 6) is 0.0376. The van der Waals surface area contributed by atoms with Crippen molar-refractivity contribution < 1.29 is 4.79 Å². The van der Waals surface area contributed by atoms with E-state index in [-0.39, 0.29) is 10.7 Å². The molecule has 3 rings (SSSR count). The van der Waals surface area contributed by atoms with Crippen LogP contribution in [0.1, 0.15) is 31.9 Å². The lowest BCUT2D eigenvalue weighted by molar-refractivity contribution is 0.0946. The van der Waals surface area contributed by atoms with Crippen LogP contribution in [0.5, 0.6) is 0 Å². The first-order valence-electron chi connectivity index (χ1n) is 6.46. The van der Waals surface area contributed by atoms with Crippen molar-refractivity contribution in [1.29, 1.82) is 0 Å². The Morgan fingerprint density at radius 3 is 2.80 bits per heavy atom. The van der Waals surface area contributed by atoms with Crippen LogP contribution in [-0.2, 0) is 6.42 Å². The molecule has 2 nitrogen and oxygen atoms in total. The maximum atomic E-state index is 11.9. The second-order valence-electron chi connectivity index (χ2n) is 4.81. The van der Waals surface area contributed by atoms with Gasteiger partial charge in [0.15, 0.2) is 0 Å². The fraction of sp³-hybridized carbons (Fsp3) is 0.188. The maximum absolute atomic E-state index is 11.9. The molecule has 0 aliphatic carbocycles. The summed E-state index contributed by atoms with van der Waals surface area (Å²) in [7, 11) is 0. The summed E-state index contributed by atoms with van der Waals surface area (Å²) in [6.07, 6.45) is 0.914. The van der Waals surface area contributed by atoms with E-state index in [0.717, 1.165) is 29.7 Å². The van der Waals surface area contributed by atoms with Crippen LogP contribution in [0.15, 0.2) is 42.5 Å². The number of hydrogen-bond donors (Lipinski definition) is 1. The molecule has 1 aliphatic rings. The summed E-state index contributed by atoms with van der Waals surface area (Å²) in [4.78, 5) is 12.0. The van der Waals surface area contributed by atoms with Gasteiger partial charge in [-0.25, -0.2) is 0 Å². The van der Waals surface area contributed by atoms with E-state index in [2.05, 4.69) is 68.1 Å². The van der Waals surface area contributed by atoms with E-state index in [1.54, 1.807) is 0 Å². The highest BCUT2D eigenvalue weighted by molar-refractivity contribution is 14.1. The number of hydrogen-bond acceptors (Lipinski definition) is 1. The number of rotatable bonds is 2. The van der Waals surface area contributed by atoms with E-state index in [0.29, 0.717) is 0 Å². The minimum absolute atomic E-state index is 0.0376. The van der Waals surface area contributed by atoms with Crippen LogP contribution in [0.4, 0.5) is 0 Å². The number of fused-ring (bicyclic) bond motifs is 1. The molecule has 1 atom stereocenters. The van der Waals surface area contributed by atoms with Crippen molar-refractivity contribution >= 4 is 44.4 Å². The van der Waals surface area contributed by atoms with Gasteiger partial charge in [0.2, 0.25) is 0 Å². The van der Waals surface area contributed by atoms with E-state index in [1.807, 2.05) is 18.2 Å². The van der Waals surface area contributed by atoms with E-state index < -0.39 is 0 Å². The summed E-state index contributed by atoms with van der Waals surface area (Å²) in [6.45, 7) is 0.736. The molecule has 1 unspecified atom stereocenters. The number of halogens is 2. The average molecular weight is 442 g/mol. The molecule has 1 aliphatic heterocycles. The molecule has 0 spiro atoms. The minimum atomic E-state index is 0.0376. The molecule has 4 heteroatoms. The van der Waals surface area contributed by atoms with Crippen LogP contribution >= 0.6 is 38.5 Å². The van der Waals surface area contributed by atoms with E-state index in [9.17, 15) is 4.79 Å². The normalized spacial score (nSPS) is 15.4. The van der Waals surface area contributed by atoms with Crippen molar-refractivity contribution in [2.24, 2.45) is 0 Å². The first-order chi connectivity index (χ1) is 9.66. The van der Waals surface area contributed by atoms with Gasteiger partial charge in [-0.1, -0.05) is 46.3 Å². The smallest absolute Gasteiger partial charge is 0.251 e. The second kappa shape index (κ2) is 5.85. The third-order valence-electron chi connectivity index (χ3n) is 3.53. The van der Waals surface area contributed by atoms with Crippen LogP contribution in [0.25, 0.3) is 0 Å². The molecule has 1 N–H and O–H groups in total. The highest BCUT2D eigenvalue weighted by Gasteiger charge is 2.20. The van der Waals surface area contributed by atoms with Crippen molar-refractivity contribution in [2.75, 3.05) is 6.54 Å². The molecular formula is C16H13BrINO. The lowest BCUT2D eigenvalue weighted by atomic mass is 9.95. The average Bonchev–Trinajstić information content (AvgIpc) is 2.47. The van der Waals surface area contributed by atoms with Gasteiger partial charge in [0.1, 0.15) is 0 Å². The van der Waals surface area contributed by atoms with Gasteiger partial charge in [0.25, 0.3) is 5.91 Å². The van der Waals surface area contributed by atoms with Gasteiger partial charge in [-0.3, -0.25) is 4.79 Å². The van der Waals surface area contributed by atoms with Crippen LogP contribution in [0.2, 0.25) is 0 Å². The van der Waals surface area contributed by atoms with Crippen molar-refractivity contribution in [3.63, 3.8) is 0 Å². The second-order valence-corrected chi connectivity index (χ2v) is 6.88. The molecule has 0 radical (unpaired) electrons. The molecule has 2 aromatic rings. The van der Waals surface area contributed by atoms with E-state index in [1.165, 1.54) is 9.13 Å². The lowest BCUT2D eigenvalue weighted by Crippen LogP contribution is -2.31. The van der Waals surface area contributed by atoms with Crippen molar-refractivity contribution in [1.82, 2.24) is 5.32 Å². The molecule has 0 saturated heterocycles. The number of alkyl halides is 1. The summed E-state index contributed by atoms with van der Waals surface area (Å²) in [5, 5.41) is 2.90. The minimum Gasteiger partial charge on any atom is -0.352 e. The van der Waals surface area contributed by atoms with Crippen molar-refractivity contribution in [3.8, 4) is 0 Å². The van der Waals surface area contributed by atoms with Crippen LogP contribution < -0.4 is 5.32 Å². The Labute approximate surface area is 140 Å². The highest BCUT2D eigenvalue weighted by atomic mass is 127. The predicted octanol–water partition coefficient (Wildman–Crippen LogP) is 4.06. The number of nitrogens with one attached hydrogen (secondary N) is 1. The number of carbonyl (C=O) groups is 1. The van der Waals surface area contributed by atoms with Crippen LogP contribution in [0.3, 0.4) is 0 Å². The van der Waals surface area contributed by atoms with Gasteiger partial charge >= 0.3 is 0 Å². The fourth-order valence-corrected chi connectivity index (χ4v) is 4.26. The molecule has 1 heterocycles. The molecule has 0 saturated carbocycles. The number of benzene rings is 2. The molecule has 1 amide bonds. The fourth-order valence-electron chi connectivity index (χ4n) is 2.45. The van der Waals surface area contributed by atoms with Crippen molar-refractivity contribution in [2.45, 2.75) is 11.2 Å². The zero-order chi connectivity index (χ0) is 14.1. The first-order valence-corrected chi connectivity index (χ1v) is 8.46. The molecular weight excluding hydrogens is 429 g/mol. The van der Waals surface area contributed by atoms with Crippen molar-refractivity contribution in [3.05, 3.63) is 68.3 Å².